The van der Waals surface area contributed by atoms with E-state index in [1.165, 1.54) is 4.68 Å². The van der Waals surface area contributed by atoms with Crippen molar-refractivity contribution in [2.75, 3.05) is 6.54 Å². The van der Waals surface area contributed by atoms with Crippen LogP contribution in [0.1, 0.15) is 30.2 Å². The maximum Gasteiger partial charge on any atom is 0.274 e. The van der Waals surface area contributed by atoms with Crippen LogP contribution in [-0.2, 0) is 13.0 Å². The molecule has 4 aromatic rings. The predicted octanol–water partition coefficient (Wildman–Crippen LogP) is 2.07. The molecule has 1 N–H and O–H groups in total. The van der Waals surface area contributed by atoms with Gasteiger partial charge in [0.2, 0.25) is 0 Å². The second-order valence-electron chi connectivity index (χ2n) is 7.33. The molecule has 1 amide bonds. The minimum absolute atomic E-state index is 0.180. The third-order valence-electron chi connectivity index (χ3n) is 4.64. The van der Waals surface area contributed by atoms with Crippen LogP contribution in [0, 0.1) is 5.92 Å². The molecule has 0 saturated carbocycles. The summed E-state index contributed by atoms with van der Waals surface area (Å²) in [5.41, 5.74) is 0.843. The van der Waals surface area contributed by atoms with Crippen LogP contribution >= 0.6 is 0 Å². The predicted molar refractivity (Wildman–Crippen MR) is 110 cm³/mol. The van der Waals surface area contributed by atoms with Crippen LogP contribution in [0.2, 0.25) is 0 Å². The minimum Gasteiger partial charge on any atom is -0.350 e. The lowest BCUT2D eigenvalue weighted by Gasteiger charge is -2.12. The zero-order chi connectivity index (χ0) is 20.4. The van der Waals surface area contributed by atoms with Gasteiger partial charge in [-0.1, -0.05) is 38.1 Å². The van der Waals surface area contributed by atoms with E-state index in [-0.39, 0.29) is 23.1 Å². The molecule has 0 bridgehead atoms. The quantitative estimate of drug-likeness (QED) is 0.544. The molecule has 0 fully saturated rings. The highest BCUT2D eigenvalue weighted by Gasteiger charge is 2.17. The highest BCUT2D eigenvalue weighted by molar-refractivity contribution is 6.04. The smallest absolute Gasteiger partial charge is 0.274 e. The minimum atomic E-state index is -0.312. The first kappa shape index (κ1) is 18.8. The molecular weight excluding hydrogens is 368 g/mol. The highest BCUT2D eigenvalue weighted by Crippen LogP contribution is 2.14. The van der Waals surface area contributed by atoms with Crippen LogP contribution in [-0.4, -0.2) is 36.8 Å². The molecule has 3 aromatic heterocycles. The molecule has 8 heteroatoms. The Labute approximate surface area is 167 Å². The maximum absolute atomic E-state index is 12.9. The van der Waals surface area contributed by atoms with Crippen molar-refractivity contribution < 1.29 is 4.79 Å². The molecule has 0 aliphatic carbocycles. The number of nitrogens with zero attached hydrogens (tertiary/aromatic N) is 5. The second kappa shape index (κ2) is 7.83. The van der Waals surface area contributed by atoms with Gasteiger partial charge >= 0.3 is 0 Å². The average Bonchev–Trinajstić information content (AvgIpc) is 3.13. The topological polar surface area (TPSA) is 94.2 Å². The zero-order valence-electron chi connectivity index (χ0n) is 16.4. The molecule has 3 heterocycles. The SMILES string of the molecule is CC(C)Cn1nc(C(=O)NCCc2nnc3ccccn23)c2ccccc2c1=O. The van der Waals surface area contributed by atoms with E-state index in [9.17, 15) is 9.59 Å². The van der Waals surface area contributed by atoms with Gasteiger partial charge in [-0.05, 0) is 24.1 Å². The number of fused-ring (bicyclic) bond motifs is 2. The molecule has 0 aliphatic heterocycles. The summed E-state index contributed by atoms with van der Waals surface area (Å²) >= 11 is 0. The summed E-state index contributed by atoms with van der Waals surface area (Å²) in [6.45, 7) is 4.85. The number of nitrogens with one attached hydrogen (secondary N) is 1. The number of hydrogen-bond donors (Lipinski definition) is 1. The third kappa shape index (κ3) is 3.73. The van der Waals surface area contributed by atoms with Crippen LogP contribution in [0.5, 0.6) is 0 Å². The summed E-state index contributed by atoms with van der Waals surface area (Å²) in [6.07, 6.45) is 2.42. The van der Waals surface area contributed by atoms with Gasteiger partial charge in [0.05, 0.1) is 5.39 Å². The second-order valence-corrected chi connectivity index (χ2v) is 7.33. The van der Waals surface area contributed by atoms with Gasteiger partial charge in [-0.2, -0.15) is 5.10 Å². The van der Waals surface area contributed by atoms with Crippen molar-refractivity contribution in [3.05, 3.63) is 70.5 Å². The summed E-state index contributed by atoms with van der Waals surface area (Å²) in [7, 11) is 0. The van der Waals surface area contributed by atoms with E-state index in [4.69, 9.17) is 0 Å². The van der Waals surface area contributed by atoms with Crippen LogP contribution in [0.25, 0.3) is 16.4 Å². The summed E-state index contributed by atoms with van der Waals surface area (Å²) in [4.78, 5) is 25.6. The Morgan fingerprint density at radius 1 is 1.07 bits per heavy atom. The van der Waals surface area contributed by atoms with Crippen LogP contribution < -0.4 is 10.9 Å². The maximum atomic E-state index is 12.9. The fraction of sp³-hybridized carbons (Fsp3) is 0.286. The monoisotopic (exact) mass is 390 g/mol. The van der Waals surface area contributed by atoms with Crippen LogP contribution in [0.4, 0.5) is 0 Å². The van der Waals surface area contributed by atoms with Crippen molar-refractivity contribution in [3.63, 3.8) is 0 Å². The van der Waals surface area contributed by atoms with Crippen molar-refractivity contribution in [3.8, 4) is 0 Å². The summed E-state index contributed by atoms with van der Waals surface area (Å²) in [5.74, 6) is 0.689. The first-order valence-corrected chi connectivity index (χ1v) is 9.61. The summed E-state index contributed by atoms with van der Waals surface area (Å²) in [6, 6.07) is 12.8. The van der Waals surface area contributed by atoms with Gasteiger partial charge in [-0.3, -0.25) is 14.0 Å². The molecule has 0 unspecified atom stereocenters. The number of aromatic nitrogens is 5. The molecule has 0 atom stereocenters. The molecular formula is C21H22N6O2. The Balaban J connectivity index is 1.58. The fourth-order valence-electron chi connectivity index (χ4n) is 3.31. The lowest BCUT2D eigenvalue weighted by molar-refractivity contribution is 0.0948. The molecule has 0 spiro atoms. The van der Waals surface area contributed by atoms with Gasteiger partial charge in [0.15, 0.2) is 11.3 Å². The van der Waals surface area contributed by atoms with Crippen molar-refractivity contribution in [1.29, 1.82) is 0 Å². The average molecular weight is 390 g/mol. The Morgan fingerprint density at radius 3 is 2.62 bits per heavy atom. The van der Waals surface area contributed by atoms with Gasteiger partial charge in [0.1, 0.15) is 5.82 Å². The van der Waals surface area contributed by atoms with E-state index < -0.39 is 0 Å². The molecule has 1 aromatic carbocycles. The van der Waals surface area contributed by atoms with Crippen molar-refractivity contribution in [2.24, 2.45) is 5.92 Å². The molecule has 8 nitrogen and oxygen atoms in total. The molecule has 0 aliphatic rings. The van der Waals surface area contributed by atoms with E-state index in [1.54, 1.807) is 24.3 Å². The first-order valence-electron chi connectivity index (χ1n) is 9.61. The third-order valence-corrected chi connectivity index (χ3v) is 4.64. The van der Waals surface area contributed by atoms with Crippen molar-refractivity contribution in [2.45, 2.75) is 26.8 Å². The number of pyridine rings is 1. The van der Waals surface area contributed by atoms with E-state index >= 15 is 0 Å². The van der Waals surface area contributed by atoms with E-state index in [0.29, 0.717) is 30.3 Å². The Kier molecular flexibility index (Phi) is 5.07. The van der Waals surface area contributed by atoms with Crippen LogP contribution in [0.15, 0.2) is 53.5 Å². The highest BCUT2D eigenvalue weighted by atomic mass is 16.2. The fourth-order valence-corrected chi connectivity index (χ4v) is 3.31. The first-order chi connectivity index (χ1) is 14.0. The largest absolute Gasteiger partial charge is 0.350 e. The van der Waals surface area contributed by atoms with Gasteiger partial charge < -0.3 is 5.32 Å². The number of rotatable bonds is 6. The molecule has 29 heavy (non-hydrogen) atoms. The number of hydrogen-bond acceptors (Lipinski definition) is 5. The van der Waals surface area contributed by atoms with E-state index in [0.717, 1.165) is 11.5 Å². The Hall–Kier alpha value is -3.55. The molecule has 4 rings (SSSR count). The molecule has 148 valence electrons. The van der Waals surface area contributed by atoms with Crippen LogP contribution in [0.3, 0.4) is 0 Å². The normalized spacial score (nSPS) is 11.4. The van der Waals surface area contributed by atoms with Crippen molar-refractivity contribution >= 4 is 22.3 Å². The summed E-state index contributed by atoms with van der Waals surface area (Å²) < 4.78 is 3.27. The standard InChI is InChI=1S/C21H22N6O2/c1-14(2)13-27-21(29)16-8-4-3-7-15(16)19(25-27)20(28)22-11-10-18-24-23-17-9-5-6-12-26(17)18/h3-9,12,14H,10-11,13H2,1-2H3,(H,22,28). The lowest BCUT2D eigenvalue weighted by Crippen LogP contribution is -2.32. The number of carbonyl (C=O) groups excluding carboxylic acids is 1. The number of amides is 1. The van der Waals surface area contributed by atoms with Crippen molar-refractivity contribution in [1.82, 2.24) is 29.7 Å². The van der Waals surface area contributed by atoms with Gasteiger partial charge in [-0.25, -0.2) is 4.68 Å². The zero-order valence-corrected chi connectivity index (χ0v) is 16.4. The lowest BCUT2D eigenvalue weighted by atomic mass is 10.1. The molecule has 0 saturated heterocycles. The van der Waals surface area contributed by atoms with Gasteiger partial charge in [-0.15, -0.1) is 10.2 Å². The number of carbonyl (C=O) groups is 1. The Morgan fingerprint density at radius 2 is 1.83 bits per heavy atom. The summed E-state index contributed by atoms with van der Waals surface area (Å²) in [5, 5.41) is 16.6. The van der Waals surface area contributed by atoms with Gasteiger partial charge in [0, 0.05) is 31.1 Å². The Bertz CT molecular complexity index is 1240. The number of benzene rings is 1. The van der Waals surface area contributed by atoms with E-state index in [2.05, 4.69) is 20.6 Å². The van der Waals surface area contributed by atoms with Gasteiger partial charge in [0.25, 0.3) is 11.5 Å². The van der Waals surface area contributed by atoms with E-state index in [1.807, 2.05) is 42.6 Å². The molecule has 0 radical (unpaired) electrons.